The third-order valence-corrected chi connectivity index (χ3v) is 2.49. The summed E-state index contributed by atoms with van der Waals surface area (Å²) >= 11 is 0. The number of carbonyl (C=O) groups is 1. The van der Waals surface area contributed by atoms with Gasteiger partial charge in [0.25, 0.3) is 0 Å². The molecule has 0 bridgehead atoms. The molecule has 0 unspecified atom stereocenters. The first kappa shape index (κ1) is 9.79. The fourth-order valence-electron chi connectivity index (χ4n) is 1.70. The Hall–Kier alpha value is -1.75. The molecule has 1 aromatic rings. The van der Waals surface area contributed by atoms with Gasteiger partial charge in [0.1, 0.15) is 12.4 Å². The van der Waals surface area contributed by atoms with Gasteiger partial charge in [-0.2, -0.15) is 0 Å². The number of fused-ring (bicyclic) bond motifs is 1. The maximum Gasteiger partial charge on any atom is 0.163 e. The van der Waals surface area contributed by atoms with Crippen molar-refractivity contribution in [2.24, 2.45) is 0 Å². The van der Waals surface area contributed by atoms with Crippen molar-refractivity contribution < 1.29 is 9.53 Å². The summed E-state index contributed by atoms with van der Waals surface area (Å²) in [4.78, 5) is 11.5. The van der Waals surface area contributed by atoms with Crippen molar-refractivity contribution in [3.8, 4) is 17.6 Å². The first-order valence-corrected chi connectivity index (χ1v) is 5.00. The van der Waals surface area contributed by atoms with E-state index in [9.17, 15) is 4.79 Å². The van der Waals surface area contributed by atoms with E-state index in [-0.39, 0.29) is 5.78 Å². The molecule has 0 saturated heterocycles. The zero-order valence-electron chi connectivity index (χ0n) is 8.67. The van der Waals surface area contributed by atoms with Gasteiger partial charge in [-0.3, -0.25) is 4.79 Å². The summed E-state index contributed by atoms with van der Waals surface area (Å²) in [5, 5.41) is 0. The van der Waals surface area contributed by atoms with Crippen molar-refractivity contribution in [2.45, 2.75) is 19.8 Å². The molecule has 76 valence electrons. The van der Waals surface area contributed by atoms with Gasteiger partial charge >= 0.3 is 0 Å². The minimum atomic E-state index is 0.219. The molecular weight excluding hydrogens is 188 g/mol. The number of ketones is 1. The van der Waals surface area contributed by atoms with Crippen LogP contribution in [0.25, 0.3) is 0 Å². The Kier molecular flexibility index (Phi) is 2.73. The predicted molar refractivity (Wildman–Crippen MR) is 58.0 cm³/mol. The predicted octanol–water partition coefficient (Wildman–Crippen LogP) is 2.22. The van der Waals surface area contributed by atoms with Crippen LogP contribution in [0.1, 0.15) is 29.3 Å². The first-order valence-electron chi connectivity index (χ1n) is 5.00. The number of aryl methyl sites for hydroxylation is 1. The van der Waals surface area contributed by atoms with Crippen LogP contribution in [-0.4, -0.2) is 12.4 Å². The standard InChI is InChI=1S/C13H12O2/c1-2-3-8-15-11-6-4-10-5-7-13(14)12(10)9-11/h4,6,9H,5,7-8H2,1H3. The molecule has 0 spiro atoms. The van der Waals surface area contributed by atoms with Gasteiger partial charge in [0.2, 0.25) is 0 Å². The van der Waals surface area contributed by atoms with E-state index in [0.717, 1.165) is 23.3 Å². The van der Waals surface area contributed by atoms with Crippen LogP contribution in [-0.2, 0) is 6.42 Å². The average Bonchev–Trinajstić information content (AvgIpc) is 2.61. The van der Waals surface area contributed by atoms with Crippen molar-refractivity contribution >= 4 is 5.78 Å². The Balaban J connectivity index is 2.17. The molecule has 15 heavy (non-hydrogen) atoms. The molecule has 2 heteroatoms. The molecule has 0 amide bonds. The Morgan fingerprint density at radius 2 is 2.27 bits per heavy atom. The lowest BCUT2D eigenvalue weighted by Gasteiger charge is -2.04. The number of Topliss-reactive ketones (excluding diaryl/α,β-unsaturated/α-hetero) is 1. The minimum Gasteiger partial charge on any atom is -0.481 e. The highest BCUT2D eigenvalue weighted by Crippen LogP contribution is 2.25. The SMILES string of the molecule is CC#CCOc1ccc2c(c1)C(=O)CC2. The van der Waals surface area contributed by atoms with E-state index in [2.05, 4.69) is 11.8 Å². The zero-order valence-corrected chi connectivity index (χ0v) is 8.67. The van der Waals surface area contributed by atoms with Gasteiger partial charge in [-0.15, -0.1) is 5.92 Å². The molecule has 0 N–H and O–H groups in total. The molecule has 2 nitrogen and oxygen atoms in total. The second-order valence-corrected chi connectivity index (χ2v) is 3.46. The lowest BCUT2D eigenvalue weighted by Crippen LogP contribution is -1.96. The highest BCUT2D eigenvalue weighted by Gasteiger charge is 2.19. The summed E-state index contributed by atoms with van der Waals surface area (Å²) in [5.41, 5.74) is 1.95. The van der Waals surface area contributed by atoms with E-state index in [1.807, 2.05) is 18.2 Å². The smallest absolute Gasteiger partial charge is 0.163 e. The van der Waals surface area contributed by atoms with E-state index in [1.54, 1.807) is 6.92 Å². The second kappa shape index (κ2) is 4.18. The van der Waals surface area contributed by atoms with Crippen LogP contribution in [0.2, 0.25) is 0 Å². The Bertz CT molecular complexity index is 449. The lowest BCUT2D eigenvalue weighted by atomic mass is 10.1. The number of hydrogen-bond donors (Lipinski definition) is 0. The van der Waals surface area contributed by atoms with Gasteiger partial charge < -0.3 is 4.74 Å². The van der Waals surface area contributed by atoms with E-state index in [1.165, 1.54) is 0 Å². The van der Waals surface area contributed by atoms with Crippen LogP contribution in [0.3, 0.4) is 0 Å². The van der Waals surface area contributed by atoms with Crippen molar-refractivity contribution in [3.63, 3.8) is 0 Å². The van der Waals surface area contributed by atoms with Crippen molar-refractivity contribution in [1.82, 2.24) is 0 Å². The summed E-state index contributed by atoms with van der Waals surface area (Å²) in [6.45, 7) is 2.15. The van der Waals surface area contributed by atoms with Crippen LogP contribution in [0.4, 0.5) is 0 Å². The monoisotopic (exact) mass is 200 g/mol. The van der Waals surface area contributed by atoms with Gasteiger partial charge in [-0.25, -0.2) is 0 Å². The Labute approximate surface area is 89.3 Å². The van der Waals surface area contributed by atoms with E-state index >= 15 is 0 Å². The Morgan fingerprint density at radius 1 is 1.40 bits per heavy atom. The molecule has 0 heterocycles. The van der Waals surface area contributed by atoms with Crippen LogP contribution >= 0.6 is 0 Å². The summed E-state index contributed by atoms with van der Waals surface area (Å²) in [6, 6.07) is 5.69. The zero-order chi connectivity index (χ0) is 10.7. The van der Waals surface area contributed by atoms with Crippen molar-refractivity contribution in [1.29, 1.82) is 0 Å². The summed E-state index contributed by atoms with van der Waals surface area (Å²) in [5.74, 6) is 6.52. The number of benzene rings is 1. The average molecular weight is 200 g/mol. The highest BCUT2D eigenvalue weighted by molar-refractivity contribution is 6.00. The highest BCUT2D eigenvalue weighted by atomic mass is 16.5. The largest absolute Gasteiger partial charge is 0.481 e. The fraction of sp³-hybridized carbons (Fsp3) is 0.308. The third-order valence-electron chi connectivity index (χ3n) is 2.49. The Morgan fingerprint density at radius 3 is 3.07 bits per heavy atom. The van der Waals surface area contributed by atoms with Crippen molar-refractivity contribution in [3.05, 3.63) is 29.3 Å². The van der Waals surface area contributed by atoms with Gasteiger partial charge in [-0.1, -0.05) is 12.0 Å². The van der Waals surface area contributed by atoms with Gasteiger partial charge in [-0.05, 0) is 31.0 Å². The van der Waals surface area contributed by atoms with Gasteiger partial charge in [0, 0.05) is 12.0 Å². The number of rotatable bonds is 2. The van der Waals surface area contributed by atoms with Crippen LogP contribution in [0.15, 0.2) is 18.2 Å². The molecule has 0 saturated carbocycles. The molecule has 1 aliphatic rings. The number of ether oxygens (including phenoxy) is 1. The molecule has 1 aliphatic carbocycles. The van der Waals surface area contributed by atoms with E-state index < -0.39 is 0 Å². The van der Waals surface area contributed by atoms with Crippen LogP contribution in [0, 0.1) is 11.8 Å². The molecule has 0 aromatic heterocycles. The number of carbonyl (C=O) groups excluding carboxylic acids is 1. The molecule has 2 rings (SSSR count). The minimum absolute atomic E-state index is 0.219. The topological polar surface area (TPSA) is 26.3 Å². The summed E-state index contributed by atoms with van der Waals surface area (Å²) in [6.07, 6.45) is 1.50. The van der Waals surface area contributed by atoms with Crippen LogP contribution < -0.4 is 4.74 Å². The maximum absolute atomic E-state index is 11.5. The van der Waals surface area contributed by atoms with Crippen LogP contribution in [0.5, 0.6) is 5.75 Å². The molecule has 0 radical (unpaired) electrons. The summed E-state index contributed by atoms with van der Waals surface area (Å²) < 4.78 is 5.39. The number of hydrogen-bond acceptors (Lipinski definition) is 2. The summed E-state index contributed by atoms with van der Waals surface area (Å²) in [7, 11) is 0. The normalized spacial score (nSPS) is 13.0. The second-order valence-electron chi connectivity index (χ2n) is 3.46. The van der Waals surface area contributed by atoms with Gasteiger partial charge in [0.15, 0.2) is 5.78 Å². The third kappa shape index (κ3) is 2.02. The maximum atomic E-state index is 11.5. The van der Waals surface area contributed by atoms with Crippen molar-refractivity contribution in [2.75, 3.05) is 6.61 Å². The fourth-order valence-corrected chi connectivity index (χ4v) is 1.70. The molecule has 0 aliphatic heterocycles. The molecule has 0 atom stereocenters. The quantitative estimate of drug-likeness (QED) is 0.684. The molecule has 0 fully saturated rings. The molecular formula is C13H12O2. The first-order chi connectivity index (χ1) is 7.31. The van der Waals surface area contributed by atoms with E-state index in [0.29, 0.717) is 13.0 Å². The van der Waals surface area contributed by atoms with Gasteiger partial charge in [0.05, 0.1) is 0 Å². The lowest BCUT2D eigenvalue weighted by molar-refractivity contribution is 0.0994. The van der Waals surface area contributed by atoms with E-state index in [4.69, 9.17) is 4.74 Å². The molecule has 1 aromatic carbocycles.